The number of nitrogen functional groups attached to an aromatic ring is 1. The molecule has 2 rings (SSSR count). The van der Waals surface area contributed by atoms with E-state index in [0.717, 1.165) is 5.56 Å². The number of aromatic nitrogens is 3. The van der Waals surface area contributed by atoms with E-state index in [2.05, 4.69) is 16.3 Å². The second-order valence-corrected chi connectivity index (χ2v) is 4.70. The van der Waals surface area contributed by atoms with Gasteiger partial charge in [0.1, 0.15) is 5.75 Å². The van der Waals surface area contributed by atoms with Gasteiger partial charge in [-0.3, -0.25) is 0 Å². The Morgan fingerprint density at radius 3 is 2.95 bits per heavy atom. The number of nitriles is 1. The molecule has 0 unspecified atom stereocenters. The van der Waals surface area contributed by atoms with Crippen LogP contribution in [0, 0.1) is 11.3 Å². The molecule has 7 heteroatoms. The minimum atomic E-state index is 0.446. The van der Waals surface area contributed by atoms with Gasteiger partial charge in [0.25, 0.3) is 0 Å². The average molecular weight is 275 g/mol. The molecule has 1 aromatic carbocycles. The van der Waals surface area contributed by atoms with E-state index in [0.29, 0.717) is 28.9 Å². The number of hydrogen-bond donors (Lipinski definition) is 1. The fourth-order valence-electron chi connectivity index (χ4n) is 1.58. The summed E-state index contributed by atoms with van der Waals surface area (Å²) in [5, 5.41) is 17.2. The molecular weight excluding hydrogens is 262 g/mol. The van der Waals surface area contributed by atoms with Crippen LogP contribution in [0.4, 0.5) is 0 Å². The zero-order valence-corrected chi connectivity index (χ0v) is 11.2. The minimum absolute atomic E-state index is 0.446. The van der Waals surface area contributed by atoms with Crippen molar-refractivity contribution in [2.75, 3.05) is 18.7 Å². The van der Waals surface area contributed by atoms with Crippen LogP contribution < -0.4 is 10.6 Å². The normalized spacial score (nSPS) is 10.1. The number of ether oxygens (including phenoxy) is 1. The van der Waals surface area contributed by atoms with Gasteiger partial charge in [0.15, 0.2) is 5.82 Å². The maximum Gasteiger partial charge on any atom is 0.210 e. The lowest BCUT2D eigenvalue weighted by molar-refractivity contribution is 0.416. The Balaban J connectivity index is 2.29. The van der Waals surface area contributed by atoms with Crippen LogP contribution in [0.3, 0.4) is 0 Å². The van der Waals surface area contributed by atoms with E-state index >= 15 is 0 Å². The second kappa shape index (κ2) is 6.11. The van der Waals surface area contributed by atoms with Crippen molar-refractivity contribution in [1.29, 1.82) is 5.26 Å². The lowest BCUT2D eigenvalue weighted by Gasteiger charge is -2.07. The number of methoxy groups -OCH3 is 1. The van der Waals surface area contributed by atoms with Crippen molar-refractivity contribution in [3.8, 4) is 23.2 Å². The predicted molar refractivity (Wildman–Crippen MR) is 73.1 cm³/mol. The van der Waals surface area contributed by atoms with Crippen LogP contribution >= 0.6 is 11.8 Å². The van der Waals surface area contributed by atoms with Crippen LogP contribution in [-0.4, -0.2) is 27.7 Å². The molecule has 6 nitrogen and oxygen atoms in total. The summed E-state index contributed by atoms with van der Waals surface area (Å²) in [6, 6.07) is 9.55. The summed E-state index contributed by atoms with van der Waals surface area (Å²) in [6.45, 7) is 0. The molecule has 0 spiro atoms. The van der Waals surface area contributed by atoms with Crippen LogP contribution in [-0.2, 0) is 0 Å². The van der Waals surface area contributed by atoms with Gasteiger partial charge in [-0.1, -0.05) is 23.9 Å². The molecule has 0 saturated carbocycles. The second-order valence-electron chi connectivity index (χ2n) is 3.63. The number of nitrogens with zero attached hydrogens (tertiary/aromatic N) is 4. The lowest BCUT2D eigenvalue weighted by Crippen LogP contribution is -2.12. The topological polar surface area (TPSA) is 89.8 Å². The maximum absolute atomic E-state index is 8.51. The summed E-state index contributed by atoms with van der Waals surface area (Å²) in [7, 11) is 1.60. The van der Waals surface area contributed by atoms with Gasteiger partial charge >= 0.3 is 0 Å². The van der Waals surface area contributed by atoms with E-state index in [9.17, 15) is 0 Å². The third-order valence-electron chi connectivity index (χ3n) is 2.46. The monoisotopic (exact) mass is 275 g/mol. The molecule has 0 amide bonds. The molecule has 0 aliphatic heterocycles. The van der Waals surface area contributed by atoms with Gasteiger partial charge in [-0.2, -0.15) is 5.26 Å². The molecular formula is C12H13N5OS. The van der Waals surface area contributed by atoms with Crippen molar-refractivity contribution in [3.63, 3.8) is 0 Å². The lowest BCUT2D eigenvalue weighted by atomic mass is 10.2. The summed E-state index contributed by atoms with van der Waals surface area (Å²) in [6.07, 6.45) is 0.446. The highest BCUT2D eigenvalue weighted by Gasteiger charge is 2.15. The van der Waals surface area contributed by atoms with E-state index in [1.807, 2.05) is 24.3 Å². The van der Waals surface area contributed by atoms with Crippen LogP contribution in [0.25, 0.3) is 11.4 Å². The quantitative estimate of drug-likeness (QED) is 0.507. The van der Waals surface area contributed by atoms with Crippen molar-refractivity contribution in [2.45, 2.75) is 11.6 Å². The first kappa shape index (κ1) is 13.2. The van der Waals surface area contributed by atoms with Crippen LogP contribution in [0.15, 0.2) is 29.4 Å². The molecule has 0 atom stereocenters. The summed E-state index contributed by atoms with van der Waals surface area (Å²) in [4.78, 5) is 0. The Labute approximate surface area is 115 Å². The van der Waals surface area contributed by atoms with Gasteiger partial charge in [0.05, 0.1) is 18.7 Å². The van der Waals surface area contributed by atoms with Crippen molar-refractivity contribution in [2.24, 2.45) is 0 Å². The number of nitrogens with two attached hydrogens (primary N) is 1. The minimum Gasteiger partial charge on any atom is -0.496 e. The zero-order valence-electron chi connectivity index (χ0n) is 10.4. The van der Waals surface area contributed by atoms with Gasteiger partial charge in [-0.25, -0.2) is 4.68 Å². The molecule has 0 saturated heterocycles. The highest BCUT2D eigenvalue weighted by atomic mass is 32.2. The number of benzene rings is 1. The van der Waals surface area contributed by atoms with E-state index < -0.39 is 0 Å². The zero-order chi connectivity index (χ0) is 13.7. The Kier molecular flexibility index (Phi) is 4.26. The van der Waals surface area contributed by atoms with E-state index in [-0.39, 0.29) is 0 Å². The molecule has 0 radical (unpaired) electrons. The van der Waals surface area contributed by atoms with E-state index in [1.54, 1.807) is 7.11 Å². The Bertz CT molecular complexity index is 604. The molecule has 0 fully saturated rings. The summed E-state index contributed by atoms with van der Waals surface area (Å²) >= 11 is 1.40. The van der Waals surface area contributed by atoms with Gasteiger partial charge in [-0.15, -0.1) is 10.2 Å². The Hall–Kier alpha value is -2.20. The highest BCUT2D eigenvalue weighted by Crippen LogP contribution is 2.29. The van der Waals surface area contributed by atoms with Crippen LogP contribution in [0.1, 0.15) is 6.42 Å². The Morgan fingerprint density at radius 1 is 1.42 bits per heavy atom. The maximum atomic E-state index is 8.51. The molecule has 1 aromatic heterocycles. The Morgan fingerprint density at radius 2 is 2.21 bits per heavy atom. The van der Waals surface area contributed by atoms with Crippen molar-refractivity contribution in [3.05, 3.63) is 24.3 Å². The largest absolute Gasteiger partial charge is 0.496 e. The van der Waals surface area contributed by atoms with Gasteiger partial charge in [0.2, 0.25) is 5.16 Å². The molecule has 0 aliphatic rings. The van der Waals surface area contributed by atoms with Crippen molar-refractivity contribution < 1.29 is 4.74 Å². The number of para-hydroxylation sites is 1. The predicted octanol–water partition coefficient (Wildman–Crippen LogP) is 1.67. The first-order valence-corrected chi connectivity index (χ1v) is 6.60. The van der Waals surface area contributed by atoms with Gasteiger partial charge in [0, 0.05) is 12.2 Å². The summed E-state index contributed by atoms with van der Waals surface area (Å²) < 4.78 is 6.69. The van der Waals surface area contributed by atoms with E-state index in [4.69, 9.17) is 15.8 Å². The number of hydrogen-bond acceptors (Lipinski definition) is 6. The summed E-state index contributed by atoms with van der Waals surface area (Å²) in [5.41, 5.74) is 0.784. The standard InChI is InChI=1S/C12H13N5OS/c1-18-10-6-3-2-5-9(10)11-15-16-12(17(11)14)19-8-4-7-13/h2-3,5-6H,4,8,14H2,1H3. The number of thioether (sulfide) groups is 1. The fraction of sp³-hybridized carbons (Fsp3) is 0.250. The first-order valence-electron chi connectivity index (χ1n) is 5.61. The molecule has 98 valence electrons. The third-order valence-corrected chi connectivity index (χ3v) is 3.40. The molecule has 2 aromatic rings. The first-order chi connectivity index (χ1) is 9.27. The third kappa shape index (κ3) is 2.80. The molecule has 1 heterocycles. The summed E-state index contributed by atoms with van der Waals surface area (Å²) in [5.74, 6) is 7.84. The van der Waals surface area contributed by atoms with Gasteiger partial charge < -0.3 is 10.6 Å². The van der Waals surface area contributed by atoms with Crippen LogP contribution in [0.5, 0.6) is 5.75 Å². The molecule has 0 bridgehead atoms. The van der Waals surface area contributed by atoms with Crippen molar-refractivity contribution >= 4 is 11.8 Å². The van der Waals surface area contributed by atoms with Crippen LogP contribution in [0.2, 0.25) is 0 Å². The number of rotatable bonds is 5. The average Bonchev–Trinajstić information content (AvgIpc) is 2.80. The fourth-order valence-corrected chi connectivity index (χ4v) is 2.28. The van der Waals surface area contributed by atoms with Crippen molar-refractivity contribution in [1.82, 2.24) is 14.9 Å². The molecule has 0 aliphatic carbocycles. The highest BCUT2D eigenvalue weighted by molar-refractivity contribution is 7.99. The van der Waals surface area contributed by atoms with E-state index in [1.165, 1.54) is 16.4 Å². The molecule has 2 N–H and O–H groups in total. The molecule has 19 heavy (non-hydrogen) atoms. The smallest absolute Gasteiger partial charge is 0.210 e. The van der Waals surface area contributed by atoms with Gasteiger partial charge in [-0.05, 0) is 12.1 Å². The SMILES string of the molecule is COc1ccccc1-c1nnc(SCCC#N)n1N.